The van der Waals surface area contributed by atoms with Gasteiger partial charge in [0.25, 0.3) is 0 Å². The number of hydrogen-bond donors (Lipinski definition) is 0. The van der Waals surface area contributed by atoms with E-state index in [0.29, 0.717) is 28.6 Å². The van der Waals surface area contributed by atoms with E-state index in [0.717, 1.165) is 21.2 Å². The average molecular weight is 488 g/mol. The highest BCUT2D eigenvalue weighted by Crippen LogP contribution is 2.43. The van der Waals surface area contributed by atoms with Gasteiger partial charge in [0, 0.05) is 26.7 Å². The lowest BCUT2D eigenvalue weighted by atomic mass is 9.97. The Morgan fingerprint density at radius 3 is 2.50 bits per heavy atom. The van der Waals surface area contributed by atoms with Crippen molar-refractivity contribution in [1.29, 1.82) is 0 Å². The van der Waals surface area contributed by atoms with Gasteiger partial charge in [-0.25, -0.2) is 9.79 Å². The van der Waals surface area contributed by atoms with E-state index in [-0.39, 0.29) is 18.4 Å². The lowest BCUT2D eigenvalue weighted by Crippen LogP contribution is -2.08. The highest BCUT2D eigenvalue weighted by atomic mass is 79.9. The normalized spacial score (nSPS) is 18.5. The van der Waals surface area contributed by atoms with Crippen molar-refractivity contribution in [2.75, 3.05) is 6.79 Å². The number of hydrogen-bond acceptors (Lipinski definition) is 6. The minimum atomic E-state index is -0.507. The highest BCUT2D eigenvalue weighted by Gasteiger charge is 2.31. The van der Waals surface area contributed by atoms with E-state index in [9.17, 15) is 4.79 Å². The number of benzene rings is 3. The Balaban J connectivity index is 1.52. The molecule has 0 aromatic heterocycles. The van der Waals surface area contributed by atoms with E-state index in [4.69, 9.17) is 18.9 Å². The van der Waals surface area contributed by atoms with Gasteiger partial charge in [-0.1, -0.05) is 34.1 Å². The number of aliphatic imine (C=N–C) groups is 1. The molecule has 0 N–H and O–H groups in total. The summed E-state index contributed by atoms with van der Waals surface area (Å²) in [6.07, 6.45) is 1.81. The fourth-order valence-electron chi connectivity index (χ4n) is 3.73. The number of allylic oxidation sites excluding steroid dienone is 2. The third kappa shape index (κ3) is 3.18. The van der Waals surface area contributed by atoms with Gasteiger partial charge in [-0.3, -0.25) is 0 Å². The third-order valence-electron chi connectivity index (χ3n) is 5.26. The van der Waals surface area contributed by atoms with Crippen LogP contribution in [-0.4, -0.2) is 18.7 Å². The first-order valence-electron chi connectivity index (χ1n) is 9.86. The minimum Gasteiger partial charge on any atom is -0.456 e. The first kappa shape index (κ1) is 18.9. The number of halogens is 1. The first-order chi connectivity index (χ1) is 15.7. The Bertz CT molecular complexity index is 1370. The van der Waals surface area contributed by atoms with Crippen LogP contribution < -0.4 is 14.2 Å². The van der Waals surface area contributed by atoms with Crippen molar-refractivity contribution in [2.45, 2.75) is 0 Å². The van der Waals surface area contributed by atoms with Crippen LogP contribution >= 0.6 is 15.9 Å². The van der Waals surface area contributed by atoms with Crippen LogP contribution in [0.3, 0.4) is 0 Å². The molecule has 7 heteroatoms. The summed E-state index contributed by atoms with van der Waals surface area (Å²) in [6.45, 7) is 0.188. The van der Waals surface area contributed by atoms with Gasteiger partial charge in [0.15, 0.2) is 17.2 Å². The molecule has 0 fully saturated rings. The van der Waals surface area contributed by atoms with Crippen molar-refractivity contribution < 1.29 is 23.7 Å². The standard InChI is InChI=1S/C25H14BrNO5/c26-16-7-9-19-17(11-16)18(23-25(28)32-24(27-23)14-4-2-1-3-5-14)12-21(31-19)15-6-8-20-22(10-15)30-13-29-20/h1-12H,13H2/b23-18-. The number of carbonyl (C=O) groups excluding carboxylic acids is 1. The van der Waals surface area contributed by atoms with E-state index in [1.165, 1.54) is 0 Å². The van der Waals surface area contributed by atoms with Gasteiger partial charge in [0.05, 0.1) is 0 Å². The maximum atomic E-state index is 12.8. The van der Waals surface area contributed by atoms with Crippen LogP contribution in [0.25, 0.3) is 11.3 Å². The molecule has 0 amide bonds. The van der Waals surface area contributed by atoms with E-state index < -0.39 is 5.97 Å². The van der Waals surface area contributed by atoms with Crippen molar-refractivity contribution in [2.24, 2.45) is 4.99 Å². The smallest absolute Gasteiger partial charge is 0.364 e. The van der Waals surface area contributed by atoms with E-state index in [1.54, 1.807) is 6.08 Å². The van der Waals surface area contributed by atoms with Crippen molar-refractivity contribution >= 4 is 39.1 Å². The van der Waals surface area contributed by atoms with Gasteiger partial charge in [-0.15, -0.1) is 0 Å². The largest absolute Gasteiger partial charge is 0.456 e. The van der Waals surface area contributed by atoms with E-state index in [2.05, 4.69) is 20.9 Å². The van der Waals surface area contributed by atoms with Crippen LogP contribution in [0.4, 0.5) is 0 Å². The van der Waals surface area contributed by atoms with Crippen LogP contribution in [0.5, 0.6) is 17.2 Å². The fourth-order valence-corrected chi connectivity index (χ4v) is 4.09. The van der Waals surface area contributed by atoms with Crippen LogP contribution in [0.2, 0.25) is 0 Å². The molecule has 6 rings (SSSR count). The van der Waals surface area contributed by atoms with Crippen LogP contribution in [0.1, 0.15) is 16.7 Å². The Morgan fingerprint density at radius 2 is 1.62 bits per heavy atom. The summed E-state index contributed by atoms with van der Waals surface area (Å²) in [4.78, 5) is 17.4. The second-order valence-electron chi connectivity index (χ2n) is 7.25. The van der Waals surface area contributed by atoms with Gasteiger partial charge in [-0.2, -0.15) is 0 Å². The Kier molecular flexibility index (Phi) is 4.36. The molecule has 0 radical (unpaired) electrons. The number of nitrogens with zero attached hydrogens (tertiary/aromatic N) is 1. The number of cyclic esters (lactones) is 1. The zero-order chi connectivity index (χ0) is 21.7. The highest BCUT2D eigenvalue weighted by molar-refractivity contribution is 9.10. The summed E-state index contributed by atoms with van der Waals surface area (Å²) in [5.74, 6) is 2.28. The predicted molar refractivity (Wildman–Crippen MR) is 121 cm³/mol. The Hall–Kier alpha value is -3.84. The quantitative estimate of drug-likeness (QED) is 0.361. The molecule has 0 saturated carbocycles. The molecule has 0 spiro atoms. The first-order valence-corrected chi connectivity index (χ1v) is 10.6. The molecule has 32 heavy (non-hydrogen) atoms. The zero-order valence-electron chi connectivity index (χ0n) is 16.5. The molecule has 3 aromatic rings. The molecule has 0 saturated heterocycles. The number of esters is 1. The Labute approximate surface area is 191 Å². The van der Waals surface area contributed by atoms with Gasteiger partial charge in [0.1, 0.15) is 11.5 Å². The summed E-state index contributed by atoms with van der Waals surface area (Å²) < 4.78 is 23.4. The molecule has 3 heterocycles. The minimum absolute atomic E-state index is 0.188. The van der Waals surface area contributed by atoms with Crippen molar-refractivity contribution in [3.63, 3.8) is 0 Å². The van der Waals surface area contributed by atoms with Crippen LogP contribution in [0.15, 0.2) is 88.0 Å². The van der Waals surface area contributed by atoms with Gasteiger partial charge >= 0.3 is 5.97 Å². The third-order valence-corrected chi connectivity index (χ3v) is 5.75. The summed E-state index contributed by atoms with van der Waals surface area (Å²) in [7, 11) is 0. The molecule has 0 atom stereocenters. The van der Waals surface area contributed by atoms with E-state index >= 15 is 0 Å². The molecule has 0 unspecified atom stereocenters. The molecule has 0 bridgehead atoms. The van der Waals surface area contributed by atoms with Crippen LogP contribution in [-0.2, 0) is 9.53 Å². The summed E-state index contributed by atoms with van der Waals surface area (Å²) >= 11 is 3.50. The van der Waals surface area contributed by atoms with Crippen molar-refractivity contribution in [3.05, 3.63) is 99.7 Å². The number of ether oxygens (including phenoxy) is 4. The summed E-state index contributed by atoms with van der Waals surface area (Å²) in [5.41, 5.74) is 3.12. The molecule has 3 aromatic carbocycles. The molecule has 3 aliphatic rings. The fraction of sp³-hybridized carbons (Fsp3) is 0.0400. The summed E-state index contributed by atoms with van der Waals surface area (Å²) in [6, 6.07) is 20.5. The number of rotatable bonds is 2. The molecular weight excluding hydrogens is 474 g/mol. The average Bonchev–Trinajstić information content (AvgIpc) is 3.45. The second-order valence-corrected chi connectivity index (χ2v) is 8.17. The summed E-state index contributed by atoms with van der Waals surface area (Å²) in [5, 5.41) is 0. The molecular formula is C25H14BrNO5. The van der Waals surface area contributed by atoms with Gasteiger partial charge in [0.2, 0.25) is 12.7 Å². The molecule has 6 nitrogen and oxygen atoms in total. The van der Waals surface area contributed by atoms with Gasteiger partial charge < -0.3 is 18.9 Å². The van der Waals surface area contributed by atoms with Gasteiger partial charge in [-0.05, 0) is 54.6 Å². The predicted octanol–water partition coefficient (Wildman–Crippen LogP) is 5.33. The monoisotopic (exact) mass is 487 g/mol. The van der Waals surface area contributed by atoms with Crippen molar-refractivity contribution in [3.8, 4) is 17.2 Å². The number of fused-ring (bicyclic) bond motifs is 2. The lowest BCUT2D eigenvalue weighted by molar-refractivity contribution is -0.129. The maximum Gasteiger partial charge on any atom is 0.364 e. The SMILES string of the molecule is O=C1OC(c2ccccc2)=N/C1=C1/C=C(c2ccc3c(c2)OCO3)Oc2ccc(Br)cc21. The zero-order valence-corrected chi connectivity index (χ0v) is 18.1. The van der Waals surface area contributed by atoms with Crippen molar-refractivity contribution in [1.82, 2.24) is 0 Å². The molecule has 156 valence electrons. The number of carbonyl (C=O) groups is 1. The second kappa shape index (κ2) is 7.39. The van der Waals surface area contributed by atoms with Crippen LogP contribution in [0, 0.1) is 0 Å². The van der Waals surface area contributed by atoms with E-state index in [1.807, 2.05) is 66.7 Å². The Morgan fingerprint density at radius 1 is 0.812 bits per heavy atom. The lowest BCUT2D eigenvalue weighted by Gasteiger charge is -2.21. The molecule has 3 aliphatic heterocycles. The topological polar surface area (TPSA) is 66.4 Å². The maximum absolute atomic E-state index is 12.8. The molecule has 0 aliphatic carbocycles.